The maximum absolute atomic E-state index is 10.2. The van der Waals surface area contributed by atoms with E-state index in [1.165, 1.54) is 0 Å². The minimum absolute atomic E-state index is 0. The first-order valence-electron chi connectivity index (χ1n) is 1.97. The van der Waals surface area contributed by atoms with Crippen molar-refractivity contribution in [2.24, 2.45) is 0 Å². The molecule has 0 bridgehead atoms. The van der Waals surface area contributed by atoms with Crippen molar-refractivity contribution < 1.29 is 24.0 Å². The predicted octanol–water partition coefficient (Wildman–Crippen LogP) is -3.74. The number of nitrogens with zero attached hydrogens (tertiary/aromatic N) is 1. The van der Waals surface area contributed by atoms with E-state index in [1.807, 2.05) is 0 Å². The van der Waals surface area contributed by atoms with E-state index in [9.17, 15) is 5.11 Å². The Morgan fingerprint density at radius 2 is 1.57 bits per heavy atom. The Morgan fingerprint density at radius 1 is 1.43 bits per heavy atom. The summed E-state index contributed by atoms with van der Waals surface area (Å²) < 4.78 is 0. The summed E-state index contributed by atoms with van der Waals surface area (Å²) >= 11 is 0. The fourth-order valence-electron chi connectivity index (χ4n) is 0. The van der Waals surface area contributed by atoms with Gasteiger partial charge in [-0.1, -0.05) is 13.2 Å². The Balaban J connectivity index is 0. The van der Waals surface area contributed by atoms with Crippen LogP contribution in [0.5, 0.6) is 0 Å². The van der Waals surface area contributed by atoms with Crippen LogP contribution in [0.1, 0.15) is 6.92 Å². The van der Waals surface area contributed by atoms with Crippen molar-refractivity contribution in [2.75, 3.05) is 14.1 Å². The average molecular weight is 95.1 g/mol. The average Bonchev–Trinajstić information content (AvgIpc) is 1.36. The molecule has 0 N–H and O–H groups in total. The van der Waals surface area contributed by atoms with Gasteiger partial charge in [0.05, 0.1) is 0 Å². The van der Waals surface area contributed by atoms with E-state index in [4.69, 9.17) is 0 Å². The van der Waals surface area contributed by atoms with E-state index in [0.717, 1.165) is 0 Å². The van der Waals surface area contributed by atoms with Crippen LogP contribution in [-0.2, 0) is 0 Å². The monoisotopic (exact) mass is 95.1 g/mol. The van der Waals surface area contributed by atoms with E-state index in [-0.39, 0.29) is 18.9 Å². The summed E-state index contributed by atoms with van der Waals surface area (Å²) in [6, 6.07) is 0. The maximum Gasteiger partial charge on any atom is 1.00 e. The third-order valence-electron chi connectivity index (χ3n) is 0.727. The molecule has 1 unspecified atom stereocenters. The molecule has 0 radical (unpaired) electrons. The molecule has 0 saturated heterocycles. The van der Waals surface area contributed by atoms with E-state index >= 15 is 0 Å². The van der Waals surface area contributed by atoms with Crippen LogP contribution < -0.4 is 24.0 Å². The fourth-order valence-corrected chi connectivity index (χ4v) is 0. The van der Waals surface area contributed by atoms with Gasteiger partial charge in [0.15, 0.2) is 0 Å². The summed E-state index contributed by atoms with van der Waals surface area (Å²) in [7, 11) is 3.52. The van der Waals surface area contributed by atoms with Gasteiger partial charge in [-0.2, -0.15) is 0 Å². The summed E-state index contributed by atoms with van der Waals surface area (Å²) in [6.45, 7) is 1.61. The molecule has 0 spiro atoms. The van der Waals surface area contributed by atoms with E-state index in [0.29, 0.717) is 0 Å². The summed E-state index contributed by atoms with van der Waals surface area (Å²) in [5, 5.41) is 10.2. The first-order valence-corrected chi connectivity index (χ1v) is 1.97. The fraction of sp³-hybridized carbons (Fsp3) is 1.00. The first kappa shape index (κ1) is 10.5. The van der Waals surface area contributed by atoms with Crippen molar-refractivity contribution in [3.8, 4) is 0 Å². The van der Waals surface area contributed by atoms with Crippen molar-refractivity contribution in [1.82, 2.24) is 4.90 Å². The van der Waals surface area contributed by atoms with Crippen LogP contribution in [0.2, 0.25) is 0 Å². The molecule has 7 heavy (non-hydrogen) atoms. The van der Waals surface area contributed by atoms with Crippen LogP contribution in [-0.4, -0.2) is 25.2 Å². The molecule has 0 aliphatic carbocycles. The first-order chi connectivity index (χ1) is 2.64. The third-order valence-corrected chi connectivity index (χ3v) is 0.727. The molecule has 0 heterocycles. The number of rotatable bonds is 1. The minimum Gasteiger partial charge on any atom is -0.841 e. The van der Waals surface area contributed by atoms with Crippen molar-refractivity contribution in [1.29, 1.82) is 0 Å². The second-order valence-electron chi connectivity index (χ2n) is 1.56. The Labute approximate surface area is 56.7 Å². The Morgan fingerprint density at radius 3 is 1.57 bits per heavy atom. The van der Waals surface area contributed by atoms with E-state index in [2.05, 4.69) is 0 Å². The standard InChI is InChI=1S/C4H10NO.Li/c1-4(6)5(2)3;/h4H,1-3H3;/q-1;+1. The van der Waals surface area contributed by atoms with Gasteiger partial charge < -0.3 is 10.0 Å². The molecule has 0 aromatic rings. The third kappa shape index (κ3) is 6.52. The summed E-state index contributed by atoms with van der Waals surface area (Å²) in [5.74, 6) is 0. The summed E-state index contributed by atoms with van der Waals surface area (Å²) in [5.41, 5.74) is 0. The van der Waals surface area contributed by atoms with Crippen molar-refractivity contribution >= 4 is 0 Å². The van der Waals surface area contributed by atoms with Gasteiger partial charge in [0.2, 0.25) is 0 Å². The Bertz CT molecular complexity index is 32.7. The molecule has 1 atom stereocenters. The molecule has 2 nitrogen and oxygen atoms in total. The quantitative estimate of drug-likeness (QED) is 0.247. The second-order valence-corrected chi connectivity index (χ2v) is 1.56. The molecule has 0 saturated carbocycles. The molecular formula is C4H10LiNO. The van der Waals surface area contributed by atoms with Crippen molar-refractivity contribution in [2.45, 2.75) is 13.2 Å². The van der Waals surface area contributed by atoms with Crippen LogP contribution in [0.4, 0.5) is 0 Å². The molecule has 0 aromatic heterocycles. The van der Waals surface area contributed by atoms with Gasteiger partial charge in [-0.3, -0.25) is 0 Å². The van der Waals surface area contributed by atoms with Gasteiger partial charge in [0.25, 0.3) is 0 Å². The van der Waals surface area contributed by atoms with Crippen molar-refractivity contribution in [3.05, 3.63) is 0 Å². The minimum atomic E-state index is -0.565. The van der Waals surface area contributed by atoms with Crippen LogP contribution in [0.15, 0.2) is 0 Å². The zero-order chi connectivity index (χ0) is 5.15. The topological polar surface area (TPSA) is 26.3 Å². The largest absolute Gasteiger partial charge is 1.00 e. The van der Waals surface area contributed by atoms with Gasteiger partial charge in [0, 0.05) is 0 Å². The van der Waals surface area contributed by atoms with Crippen LogP contribution in [0.3, 0.4) is 0 Å². The number of hydrogen-bond donors (Lipinski definition) is 0. The van der Waals surface area contributed by atoms with E-state index in [1.54, 1.807) is 25.9 Å². The summed E-state index contributed by atoms with van der Waals surface area (Å²) in [6.07, 6.45) is -0.565. The second kappa shape index (κ2) is 4.67. The smallest absolute Gasteiger partial charge is 0.841 e. The van der Waals surface area contributed by atoms with Gasteiger partial charge in [-0.25, -0.2) is 0 Å². The predicted molar refractivity (Wildman–Crippen MR) is 23.1 cm³/mol. The molecule has 0 fully saturated rings. The van der Waals surface area contributed by atoms with Gasteiger partial charge in [-0.15, -0.1) is 0 Å². The van der Waals surface area contributed by atoms with Crippen LogP contribution in [0.25, 0.3) is 0 Å². The van der Waals surface area contributed by atoms with Crippen LogP contribution >= 0.6 is 0 Å². The van der Waals surface area contributed by atoms with Gasteiger partial charge in [0.1, 0.15) is 0 Å². The molecule has 38 valence electrons. The Hall–Kier alpha value is 0.517. The SMILES string of the molecule is CC([O-])N(C)C.[Li+]. The summed E-state index contributed by atoms with van der Waals surface area (Å²) in [4.78, 5) is 1.61. The zero-order valence-electron chi connectivity index (χ0n) is 5.43. The molecule has 0 rings (SSSR count). The van der Waals surface area contributed by atoms with Gasteiger partial charge in [-0.05, 0) is 14.1 Å². The molecule has 0 amide bonds. The van der Waals surface area contributed by atoms with E-state index < -0.39 is 6.23 Å². The normalized spacial score (nSPS) is 13.3. The molecule has 0 aliphatic rings. The van der Waals surface area contributed by atoms with Crippen LogP contribution in [0, 0.1) is 0 Å². The Kier molecular flexibility index (Phi) is 7.00. The van der Waals surface area contributed by atoms with Gasteiger partial charge >= 0.3 is 18.9 Å². The van der Waals surface area contributed by atoms with Crippen molar-refractivity contribution in [3.63, 3.8) is 0 Å². The number of hydrogen-bond acceptors (Lipinski definition) is 2. The molecular weight excluding hydrogens is 85.0 g/mol. The molecule has 0 aromatic carbocycles. The zero-order valence-corrected chi connectivity index (χ0v) is 5.43. The molecule has 0 aliphatic heterocycles. The maximum atomic E-state index is 10.2. The molecule has 3 heteroatoms.